The summed E-state index contributed by atoms with van der Waals surface area (Å²) in [5, 5.41) is 19.1. The lowest BCUT2D eigenvalue weighted by molar-refractivity contribution is -0.148. The van der Waals surface area contributed by atoms with Crippen molar-refractivity contribution in [1.82, 2.24) is 20.2 Å². The van der Waals surface area contributed by atoms with Crippen molar-refractivity contribution in [3.8, 4) is 11.8 Å². The van der Waals surface area contributed by atoms with Gasteiger partial charge in [-0.05, 0) is 41.6 Å². The fourth-order valence-corrected chi connectivity index (χ4v) is 2.10. The maximum absolute atomic E-state index is 12.4. The summed E-state index contributed by atoms with van der Waals surface area (Å²) in [6.07, 6.45) is 1.42. The van der Waals surface area contributed by atoms with Crippen LogP contribution in [0.1, 0.15) is 13.3 Å². The normalized spacial score (nSPS) is 10.0. The Morgan fingerprint density at radius 3 is 2.69 bits per heavy atom. The summed E-state index contributed by atoms with van der Waals surface area (Å²) in [6, 6.07) is 8.88. The van der Waals surface area contributed by atoms with Gasteiger partial charge in [0.15, 0.2) is 6.61 Å². The number of tetrazole rings is 1. The van der Waals surface area contributed by atoms with Crippen LogP contribution in [0.5, 0.6) is 5.75 Å². The van der Waals surface area contributed by atoms with E-state index in [1.807, 2.05) is 13.0 Å². The summed E-state index contributed by atoms with van der Waals surface area (Å²) in [4.78, 5) is 25.5. The van der Waals surface area contributed by atoms with Crippen molar-refractivity contribution in [1.29, 1.82) is 5.26 Å². The Morgan fingerprint density at radius 2 is 2.08 bits per heavy atom. The van der Waals surface area contributed by atoms with Gasteiger partial charge in [-0.15, -0.1) is 5.10 Å². The number of nitriles is 1. The van der Waals surface area contributed by atoms with Gasteiger partial charge in [-0.3, -0.25) is 9.59 Å². The van der Waals surface area contributed by atoms with Gasteiger partial charge in [0, 0.05) is 12.2 Å². The first kappa shape index (κ1) is 18.9. The van der Waals surface area contributed by atoms with E-state index in [0.29, 0.717) is 18.0 Å². The number of carbonyl (C=O) groups excluding carboxylic acids is 2. The number of amides is 1. The molecule has 1 heterocycles. The van der Waals surface area contributed by atoms with Crippen LogP contribution in [0.4, 0.5) is 5.69 Å². The maximum Gasteiger partial charge on any atom is 0.328 e. The van der Waals surface area contributed by atoms with E-state index in [9.17, 15) is 9.59 Å². The average molecular weight is 358 g/mol. The molecule has 0 spiro atoms. The van der Waals surface area contributed by atoms with Gasteiger partial charge in [0.05, 0.1) is 19.1 Å². The number of aromatic nitrogens is 4. The van der Waals surface area contributed by atoms with E-state index in [0.717, 1.165) is 0 Å². The fraction of sp³-hybridized carbons (Fsp3) is 0.375. The van der Waals surface area contributed by atoms with Gasteiger partial charge in [-0.1, -0.05) is 0 Å². The fourth-order valence-electron chi connectivity index (χ4n) is 2.10. The SMILES string of the molecule is CCOc1ccc(N(CCC#N)C(=O)COC(=O)Cn2cnnn2)cc1. The van der Waals surface area contributed by atoms with Crippen LogP contribution < -0.4 is 9.64 Å². The lowest BCUT2D eigenvalue weighted by Gasteiger charge is -2.22. The molecule has 1 amide bonds. The van der Waals surface area contributed by atoms with Crippen molar-refractivity contribution in [3.05, 3.63) is 30.6 Å². The Labute approximate surface area is 149 Å². The molecule has 1 aromatic carbocycles. The number of rotatable bonds is 9. The highest BCUT2D eigenvalue weighted by Gasteiger charge is 2.18. The summed E-state index contributed by atoms with van der Waals surface area (Å²) in [5.41, 5.74) is 0.588. The van der Waals surface area contributed by atoms with Crippen LogP contribution in [0.15, 0.2) is 30.6 Å². The molecule has 10 nitrogen and oxygen atoms in total. The van der Waals surface area contributed by atoms with Crippen LogP contribution in [-0.4, -0.2) is 51.8 Å². The van der Waals surface area contributed by atoms with E-state index < -0.39 is 18.5 Å². The highest BCUT2D eigenvalue weighted by atomic mass is 16.5. The summed E-state index contributed by atoms with van der Waals surface area (Å²) in [7, 11) is 0. The van der Waals surface area contributed by atoms with Crippen molar-refractivity contribution in [3.63, 3.8) is 0 Å². The summed E-state index contributed by atoms with van der Waals surface area (Å²) < 4.78 is 11.5. The molecule has 0 aliphatic heterocycles. The molecule has 10 heteroatoms. The molecular formula is C16H18N6O4. The second kappa shape index (κ2) is 9.73. The van der Waals surface area contributed by atoms with Crippen molar-refractivity contribution in [2.24, 2.45) is 0 Å². The molecule has 0 aliphatic carbocycles. The monoisotopic (exact) mass is 358 g/mol. The van der Waals surface area contributed by atoms with Gasteiger partial charge < -0.3 is 14.4 Å². The van der Waals surface area contributed by atoms with Crippen molar-refractivity contribution >= 4 is 17.6 Å². The number of hydrogen-bond acceptors (Lipinski definition) is 8. The zero-order chi connectivity index (χ0) is 18.8. The van der Waals surface area contributed by atoms with E-state index in [1.54, 1.807) is 24.3 Å². The topological polar surface area (TPSA) is 123 Å². The standard InChI is InChI=1S/C16H18N6O4/c1-2-25-14-6-4-13(5-7-14)22(9-3-8-17)15(23)11-26-16(24)10-21-12-18-19-20-21/h4-7,12H,2-3,9-11H2,1H3. The molecule has 0 saturated heterocycles. The first-order chi connectivity index (χ1) is 12.6. The molecule has 0 radical (unpaired) electrons. The van der Waals surface area contributed by atoms with Crippen molar-refractivity contribution in [2.75, 3.05) is 24.7 Å². The van der Waals surface area contributed by atoms with Crippen LogP contribution in [-0.2, 0) is 20.9 Å². The lowest BCUT2D eigenvalue weighted by Crippen LogP contribution is -2.35. The number of anilines is 1. The van der Waals surface area contributed by atoms with Crippen LogP contribution in [0.2, 0.25) is 0 Å². The Morgan fingerprint density at radius 1 is 1.31 bits per heavy atom. The van der Waals surface area contributed by atoms with Gasteiger partial charge in [0.2, 0.25) is 0 Å². The Hall–Kier alpha value is -3.48. The summed E-state index contributed by atoms with van der Waals surface area (Å²) >= 11 is 0. The predicted molar refractivity (Wildman–Crippen MR) is 89.0 cm³/mol. The minimum atomic E-state index is -0.641. The molecule has 1 aromatic heterocycles. The quantitative estimate of drug-likeness (QED) is 0.596. The smallest absolute Gasteiger partial charge is 0.328 e. The average Bonchev–Trinajstić information content (AvgIpc) is 3.15. The predicted octanol–water partition coefficient (Wildman–Crippen LogP) is 0.562. The molecular weight excluding hydrogens is 340 g/mol. The van der Waals surface area contributed by atoms with Gasteiger partial charge in [0.1, 0.15) is 18.6 Å². The second-order valence-electron chi connectivity index (χ2n) is 5.05. The van der Waals surface area contributed by atoms with Crippen molar-refractivity contribution < 1.29 is 19.1 Å². The first-order valence-electron chi connectivity index (χ1n) is 7.90. The van der Waals surface area contributed by atoms with Crippen LogP contribution in [0, 0.1) is 11.3 Å². The third kappa shape index (κ3) is 5.55. The van der Waals surface area contributed by atoms with Gasteiger partial charge >= 0.3 is 5.97 Å². The Bertz CT molecular complexity index is 754. The summed E-state index contributed by atoms with van der Waals surface area (Å²) in [6.45, 7) is 1.96. The summed E-state index contributed by atoms with van der Waals surface area (Å²) in [5.74, 6) is -0.399. The Kier molecular flexibility index (Phi) is 7.05. The highest BCUT2D eigenvalue weighted by Crippen LogP contribution is 2.20. The number of carbonyl (C=O) groups is 2. The van der Waals surface area contributed by atoms with E-state index in [4.69, 9.17) is 14.7 Å². The van der Waals surface area contributed by atoms with E-state index >= 15 is 0 Å². The minimum absolute atomic E-state index is 0.150. The highest BCUT2D eigenvalue weighted by molar-refractivity contribution is 5.95. The van der Waals surface area contributed by atoms with Crippen LogP contribution in [0.25, 0.3) is 0 Å². The van der Waals surface area contributed by atoms with Gasteiger partial charge in [-0.25, -0.2) is 4.68 Å². The molecule has 0 aliphatic rings. The number of benzene rings is 1. The number of esters is 1. The molecule has 0 N–H and O–H groups in total. The maximum atomic E-state index is 12.4. The lowest BCUT2D eigenvalue weighted by atomic mass is 10.2. The second-order valence-corrected chi connectivity index (χ2v) is 5.05. The number of ether oxygens (including phenoxy) is 2. The number of nitrogens with zero attached hydrogens (tertiary/aromatic N) is 6. The molecule has 26 heavy (non-hydrogen) atoms. The first-order valence-corrected chi connectivity index (χ1v) is 7.90. The molecule has 136 valence electrons. The van der Waals surface area contributed by atoms with E-state index in [1.165, 1.54) is 15.9 Å². The molecule has 0 fully saturated rings. The molecule has 0 unspecified atom stereocenters. The number of hydrogen-bond donors (Lipinski definition) is 0. The zero-order valence-electron chi connectivity index (χ0n) is 14.2. The van der Waals surface area contributed by atoms with E-state index in [2.05, 4.69) is 15.5 Å². The Balaban J connectivity index is 1.97. The molecule has 2 aromatic rings. The van der Waals surface area contributed by atoms with Gasteiger partial charge in [-0.2, -0.15) is 5.26 Å². The van der Waals surface area contributed by atoms with Crippen molar-refractivity contribution in [2.45, 2.75) is 19.9 Å². The van der Waals surface area contributed by atoms with E-state index in [-0.39, 0.29) is 19.5 Å². The zero-order valence-corrected chi connectivity index (χ0v) is 14.2. The molecule has 2 rings (SSSR count). The van der Waals surface area contributed by atoms with Gasteiger partial charge in [0.25, 0.3) is 5.91 Å². The molecule has 0 saturated carbocycles. The van der Waals surface area contributed by atoms with Crippen LogP contribution in [0.3, 0.4) is 0 Å². The molecule has 0 bridgehead atoms. The third-order valence-corrected chi connectivity index (χ3v) is 3.25. The minimum Gasteiger partial charge on any atom is -0.494 e. The van der Waals surface area contributed by atoms with Crippen LogP contribution >= 0.6 is 0 Å². The molecule has 0 atom stereocenters. The largest absolute Gasteiger partial charge is 0.494 e. The third-order valence-electron chi connectivity index (χ3n) is 3.25.